The van der Waals surface area contributed by atoms with Crippen LogP contribution in [0.2, 0.25) is 0 Å². The first-order chi connectivity index (χ1) is 8.19. The Balaban J connectivity index is 2.61. The molecule has 0 aliphatic heterocycles. The zero-order valence-electron chi connectivity index (χ0n) is 10.7. The molecule has 0 aliphatic carbocycles. The Morgan fingerprint density at radius 1 is 1.24 bits per heavy atom. The van der Waals surface area contributed by atoms with E-state index in [0.29, 0.717) is 6.54 Å². The smallest absolute Gasteiger partial charge is 0.0693 e. The third kappa shape index (κ3) is 1.98. The average Bonchev–Trinajstić information content (AvgIpc) is 2.64. The van der Waals surface area contributed by atoms with E-state index in [1.807, 2.05) is 16.8 Å². The first-order valence-electron chi connectivity index (χ1n) is 6.02. The molecule has 0 atom stereocenters. The lowest BCUT2D eigenvalue weighted by Gasteiger charge is -2.09. The Morgan fingerprint density at radius 2 is 1.94 bits per heavy atom. The van der Waals surface area contributed by atoms with E-state index in [-0.39, 0.29) is 0 Å². The second kappa shape index (κ2) is 4.72. The molecule has 1 heterocycles. The van der Waals surface area contributed by atoms with Crippen molar-refractivity contribution >= 4 is 0 Å². The molecule has 1 aromatic carbocycles. The molecule has 3 heteroatoms. The van der Waals surface area contributed by atoms with Gasteiger partial charge in [0.1, 0.15) is 0 Å². The quantitative estimate of drug-likeness (QED) is 0.878. The van der Waals surface area contributed by atoms with Gasteiger partial charge in [-0.3, -0.25) is 0 Å². The van der Waals surface area contributed by atoms with Crippen LogP contribution in [-0.4, -0.2) is 9.78 Å². The SMILES string of the molecule is CCc1c(C)nn(-c2ccccc2CN)c1C. The topological polar surface area (TPSA) is 43.8 Å². The van der Waals surface area contributed by atoms with Crippen LogP contribution in [0.15, 0.2) is 24.3 Å². The van der Waals surface area contributed by atoms with Crippen molar-refractivity contribution in [3.63, 3.8) is 0 Å². The molecule has 3 nitrogen and oxygen atoms in total. The zero-order chi connectivity index (χ0) is 12.4. The molecule has 1 aromatic heterocycles. The lowest BCUT2D eigenvalue weighted by Crippen LogP contribution is -2.07. The second-order valence-electron chi connectivity index (χ2n) is 4.25. The van der Waals surface area contributed by atoms with E-state index in [1.54, 1.807) is 0 Å². The molecule has 2 N–H and O–H groups in total. The van der Waals surface area contributed by atoms with Crippen LogP contribution in [0.3, 0.4) is 0 Å². The Morgan fingerprint density at radius 3 is 2.53 bits per heavy atom. The van der Waals surface area contributed by atoms with Crippen molar-refractivity contribution in [1.29, 1.82) is 0 Å². The molecular weight excluding hydrogens is 210 g/mol. The average molecular weight is 229 g/mol. The summed E-state index contributed by atoms with van der Waals surface area (Å²) in [5.41, 5.74) is 11.6. The molecule has 0 saturated heterocycles. The van der Waals surface area contributed by atoms with Gasteiger partial charge < -0.3 is 5.73 Å². The number of rotatable bonds is 3. The minimum absolute atomic E-state index is 0.538. The molecule has 0 fully saturated rings. The molecule has 2 rings (SSSR count). The van der Waals surface area contributed by atoms with Gasteiger partial charge in [-0.2, -0.15) is 5.10 Å². The van der Waals surface area contributed by atoms with E-state index < -0.39 is 0 Å². The number of hydrogen-bond acceptors (Lipinski definition) is 2. The van der Waals surface area contributed by atoms with Crippen molar-refractivity contribution < 1.29 is 0 Å². The number of para-hydroxylation sites is 1. The fraction of sp³-hybridized carbons (Fsp3) is 0.357. The lowest BCUT2D eigenvalue weighted by molar-refractivity contribution is 0.817. The maximum Gasteiger partial charge on any atom is 0.0693 e. The number of benzene rings is 1. The van der Waals surface area contributed by atoms with Gasteiger partial charge in [0.05, 0.1) is 11.4 Å². The van der Waals surface area contributed by atoms with E-state index >= 15 is 0 Å². The maximum absolute atomic E-state index is 5.77. The Kier molecular flexibility index (Phi) is 3.29. The first kappa shape index (κ1) is 11.9. The number of nitrogens with zero attached hydrogens (tertiary/aromatic N) is 2. The summed E-state index contributed by atoms with van der Waals surface area (Å²) in [6.45, 7) is 6.88. The molecule has 0 unspecified atom stereocenters. The van der Waals surface area contributed by atoms with Crippen molar-refractivity contribution in [2.24, 2.45) is 5.73 Å². The van der Waals surface area contributed by atoms with E-state index in [4.69, 9.17) is 5.73 Å². The summed E-state index contributed by atoms with van der Waals surface area (Å²) < 4.78 is 2.01. The molecule has 0 aliphatic rings. The van der Waals surface area contributed by atoms with Gasteiger partial charge in [0.2, 0.25) is 0 Å². The highest BCUT2D eigenvalue weighted by atomic mass is 15.3. The van der Waals surface area contributed by atoms with E-state index in [2.05, 4.69) is 38.0 Å². The largest absolute Gasteiger partial charge is 0.326 e. The third-order valence-corrected chi connectivity index (χ3v) is 3.23. The van der Waals surface area contributed by atoms with E-state index in [1.165, 1.54) is 11.3 Å². The number of nitrogens with two attached hydrogens (primary N) is 1. The summed E-state index contributed by atoms with van der Waals surface area (Å²) in [6.07, 6.45) is 1.02. The summed E-state index contributed by atoms with van der Waals surface area (Å²) in [7, 11) is 0. The van der Waals surface area contributed by atoms with Crippen LogP contribution >= 0.6 is 0 Å². The van der Waals surface area contributed by atoms with Gasteiger partial charge in [0.15, 0.2) is 0 Å². The number of aryl methyl sites for hydroxylation is 1. The highest BCUT2D eigenvalue weighted by molar-refractivity contribution is 5.43. The van der Waals surface area contributed by atoms with Crippen LogP contribution in [-0.2, 0) is 13.0 Å². The van der Waals surface area contributed by atoms with Gasteiger partial charge in [-0.05, 0) is 37.5 Å². The maximum atomic E-state index is 5.77. The number of aromatic nitrogens is 2. The van der Waals surface area contributed by atoms with Crippen molar-refractivity contribution in [3.05, 3.63) is 46.8 Å². The molecule has 0 bridgehead atoms. The van der Waals surface area contributed by atoms with E-state index in [0.717, 1.165) is 23.4 Å². The summed E-state index contributed by atoms with van der Waals surface area (Å²) in [6, 6.07) is 8.16. The zero-order valence-corrected chi connectivity index (χ0v) is 10.7. The molecule has 0 spiro atoms. The molecule has 0 radical (unpaired) electrons. The molecular formula is C14H19N3. The van der Waals surface area contributed by atoms with Gasteiger partial charge in [0, 0.05) is 12.2 Å². The van der Waals surface area contributed by atoms with Crippen LogP contribution < -0.4 is 5.73 Å². The van der Waals surface area contributed by atoms with Crippen molar-refractivity contribution in [1.82, 2.24) is 9.78 Å². The fourth-order valence-corrected chi connectivity index (χ4v) is 2.31. The van der Waals surface area contributed by atoms with E-state index in [9.17, 15) is 0 Å². The van der Waals surface area contributed by atoms with Crippen LogP contribution in [0.5, 0.6) is 0 Å². The summed E-state index contributed by atoms with van der Waals surface area (Å²) in [5.74, 6) is 0. The van der Waals surface area contributed by atoms with Crippen molar-refractivity contribution in [3.8, 4) is 5.69 Å². The first-order valence-corrected chi connectivity index (χ1v) is 6.02. The third-order valence-electron chi connectivity index (χ3n) is 3.23. The Bertz CT molecular complexity index is 526. The van der Waals surface area contributed by atoms with Gasteiger partial charge in [-0.15, -0.1) is 0 Å². The van der Waals surface area contributed by atoms with Crippen molar-refractivity contribution in [2.45, 2.75) is 33.7 Å². The molecule has 2 aromatic rings. The summed E-state index contributed by atoms with van der Waals surface area (Å²) >= 11 is 0. The van der Waals surface area contributed by atoms with Crippen LogP contribution in [0.1, 0.15) is 29.4 Å². The minimum atomic E-state index is 0.538. The predicted octanol–water partition coefficient (Wildman–Crippen LogP) is 2.51. The monoisotopic (exact) mass is 229 g/mol. The van der Waals surface area contributed by atoms with Crippen LogP contribution in [0.4, 0.5) is 0 Å². The second-order valence-corrected chi connectivity index (χ2v) is 4.25. The van der Waals surface area contributed by atoms with Crippen LogP contribution in [0, 0.1) is 13.8 Å². The highest BCUT2D eigenvalue weighted by Crippen LogP contribution is 2.20. The minimum Gasteiger partial charge on any atom is -0.326 e. The molecule has 17 heavy (non-hydrogen) atoms. The summed E-state index contributed by atoms with van der Waals surface area (Å²) in [4.78, 5) is 0. The Labute approximate surface area is 102 Å². The normalized spacial score (nSPS) is 10.8. The Hall–Kier alpha value is -1.61. The predicted molar refractivity (Wildman–Crippen MR) is 70.3 cm³/mol. The van der Waals surface area contributed by atoms with Crippen molar-refractivity contribution in [2.75, 3.05) is 0 Å². The lowest BCUT2D eigenvalue weighted by atomic mass is 10.1. The standard InChI is InChI=1S/C14H19N3/c1-4-13-10(2)16-17(11(13)3)14-8-6-5-7-12(14)9-15/h5-8H,4,9,15H2,1-3H3. The molecule has 0 amide bonds. The van der Waals surface area contributed by atoms with Gasteiger partial charge in [-0.1, -0.05) is 25.1 Å². The van der Waals surface area contributed by atoms with Crippen LogP contribution in [0.25, 0.3) is 5.69 Å². The van der Waals surface area contributed by atoms with Gasteiger partial charge >= 0.3 is 0 Å². The highest BCUT2D eigenvalue weighted by Gasteiger charge is 2.12. The molecule has 90 valence electrons. The molecule has 0 saturated carbocycles. The number of hydrogen-bond donors (Lipinski definition) is 1. The fourth-order valence-electron chi connectivity index (χ4n) is 2.31. The summed E-state index contributed by atoms with van der Waals surface area (Å²) in [5, 5.41) is 4.62. The van der Waals surface area contributed by atoms with Gasteiger partial charge in [0.25, 0.3) is 0 Å². The van der Waals surface area contributed by atoms with Gasteiger partial charge in [-0.25, -0.2) is 4.68 Å².